The van der Waals surface area contributed by atoms with E-state index in [4.69, 9.17) is 9.47 Å². The van der Waals surface area contributed by atoms with Gasteiger partial charge in [-0.25, -0.2) is 9.59 Å². The molecule has 0 bridgehead atoms. The van der Waals surface area contributed by atoms with E-state index >= 15 is 0 Å². The van der Waals surface area contributed by atoms with Gasteiger partial charge in [0.2, 0.25) is 0 Å². The summed E-state index contributed by atoms with van der Waals surface area (Å²) in [6, 6.07) is 0. The van der Waals surface area contributed by atoms with Crippen molar-refractivity contribution in [1.82, 2.24) is 4.90 Å². The number of hydrogen-bond donors (Lipinski definition) is 0. The summed E-state index contributed by atoms with van der Waals surface area (Å²) in [5.74, 6) is -0.346. The molecule has 0 aromatic carbocycles. The molecule has 20 heavy (non-hydrogen) atoms. The number of alkyl halides is 1. The second-order valence-electron chi connectivity index (χ2n) is 6.05. The van der Waals surface area contributed by atoms with Crippen molar-refractivity contribution < 1.29 is 19.1 Å². The lowest BCUT2D eigenvalue weighted by Crippen LogP contribution is -2.54. The Morgan fingerprint density at radius 3 is 2.50 bits per heavy atom. The number of rotatable bonds is 4. The predicted octanol–water partition coefficient (Wildman–Crippen LogP) is 3.10. The third-order valence-corrected chi connectivity index (χ3v) is 3.95. The van der Waals surface area contributed by atoms with E-state index < -0.39 is 17.2 Å². The summed E-state index contributed by atoms with van der Waals surface area (Å²) < 4.78 is 10.4. The molecule has 1 rings (SSSR count). The lowest BCUT2D eigenvalue weighted by molar-refractivity contribution is -0.153. The third-order valence-electron chi connectivity index (χ3n) is 3.39. The van der Waals surface area contributed by atoms with Crippen LogP contribution in [0.4, 0.5) is 4.79 Å². The van der Waals surface area contributed by atoms with Gasteiger partial charge in [-0.2, -0.15) is 0 Å². The molecule has 0 saturated carbocycles. The SMILES string of the molecule is COC(=O)C1(CCCBr)CCCN1C(=O)OC(C)(C)C. The molecule has 0 N–H and O–H groups in total. The number of hydrogen-bond acceptors (Lipinski definition) is 4. The van der Waals surface area contributed by atoms with Gasteiger partial charge in [0.15, 0.2) is 0 Å². The maximum atomic E-state index is 12.3. The Morgan fingerprint density at radius 2 is 2.00 bits per heavy atom. The van der Waals surface area contributed by atoms with Crippen LogP contribution in [0, 0.1) is 0 Å². The number of likely N-dealkylation sites (tertiary alicyclic amines) is 1. The highest BCUT2D eigenvalue weighted by atomic mass is 79.9. The molecular formula is C14H24BrNO4. The fourth-order valence-electron chi connectivity index (χ4n) is 2.59. The van der Waals surface area contributed by atoms with Crippen molar-refractivity contribution in [2.24, 2.45) is 0 Å². The molecule has 0 aromatic heterocycles. The Labute approximate surface area is 129 Å². The Balaban J connectivity index is 2.96. The van der Waals surface area contributed by atoms with Gasteiger partial charge < -0.3 is 9.47 Å². The van der Waals surface area contributed by atoms with Gasteiger partial charge in [-0.15, -0.1) is 0 Å². The number of carbonyl (C=O) groups is 2. The zero-order chi connectivity index (χ0) is 15.4. The lowest BCUT2D eigenvalue weighted by atomic mass is 9.91. The number of esters is 1. The van der Waals surface area contributed by atoms with Crippen molar-refractivity contribution in [2.75, 3.05) is 19.0 Å². The van der Waals surface area contributed by atoms with Crippen LogP contribution in [0.2, 0.25) is 0 Å². The maximum Gasteiger partial charge on any atom is 0.411 e. The second-order valence-corrected chi connectivity index (χ2v) is 6.84. The standard InChI is InChI=1S/C14H24BrNO4/c1-13(2,3)20-12(18)16-10-6-8-14(16,7-5-9-15)11(17)19-4/h5-10H2,1-4H3. The van der Waals surface area contributed by atoms with Crippen LogP contribution in [0.3, 0.4) is 0 Å². The van der Waals surface area contributed by atoms with Crippen LogP contribution >= 0.6 is 15.9 Å². The number of nitrogens with zero attached hydrogens (tertiary/aromatic N) is 1. The van der Waals surface area contributed by atoms with E-state index in [0.717, 1.165) is 18.2 Å². The first kappa shape index (κ1) is 17.3. The molecule has 0 spiro atoms. The first-order valence-electron chi connectivity index (χ1n) is 6.92. The van der Waals surface area contributed by atoms with Crippen LogP contribution in [-0.2, 0) is 14.3 Å². The summed E-state index contributed by atoms with van der Waals surface area (Å²) in [4.78, 5) is 26.1. The number of carbonyl (C=O) groups excluding carboxylic acids is 2. The maximum absolute atomic E-state index is 12.3. The zero-order valence-corrected chi connectivity index (χ0v) is 14.3. The van der Waals surface area contributed by atoms with E-state index in [1.54, 1.807) is 4.90 Å². The smallest absolute Gasteiger partial charge is 0.411 e. The quantitative estimate of drug-likeness (QED) is 0.578. The molecule has 0 aromatic rings. The van der Waals surface area contributed by atoms with Gasteiger partial charge >= 0.3 is 12.1 Å². The summed E-state index contributed by atoms with van der Waals surface area (Å²) in [6.07, 6.45) is 2.37. The van der Waals surface area contributed by atoms with Crippen molar-refractivity contribution >= 4 is 28.0 Å². The third kappa shape index (κ3) is 3.87. The molecule has 1 aliphatic rings. The highest BCUT2D eigenvalue weighted by molar-refractivity contribution is 9.09. The van der Waals surface area contributed by atoms with E-state index in [1.807, 2.05) is 20.8 Å². The van der Waals surface area contributed by atoms with Gasteiger partial charge in [0, 0.05) is 11.9 Å². The molecule has 116 valence electrons. The molecule has 6 heteroatoms. The van der Waals surface area contributed by atoms with Gasteiger partial charge in [-0.3, -0.25) is 4.90 Å². The first-order chi connectivity index (χ1) is 9.27. The molecule has 5 nitrogen and oxygen atoms in total. The van der Waals surface area contributed by atoms with E-state index in [0.29, 0.717) is 19.4 Å². The van der Waals surface area contributed by atoms with Crippen LogP contribution in [-0.4, -0.2) is 47.1 Å². The normalized spacial score (nSPS) is 22.8. The van der Waals surface area contributed by atoms with Gasteiger partial charge in [-0.05, 0) is 46.5 Å². The van der Waals surface area contributed by atoms with Gasteiger partial charge in [0.05, 0.1) is 7.11 Å². The topological polar surface area (TPSA) is 55.8 Å². The Hall–Kier alpha value is -0.780. The van der Waals surface area contributed by atoms with Gasteiger partial charge in [0.25, 0.3) is 0 Å². The highest BCUT2D eigenvalue weighted by Crippen LogP contribution is 2.36. The van der Waals surface area contributed by atoms with Crippen molar-refractivity contribution in [1.29, 1.82) is 0 Å². The van der Waals surface area contributed by atoms with Gasteiger partial charge in [0.1, 0.15) is 11.1 Å². The largest absolute Gasteiger partial charge is 0.467 e. The molecule has 1 unspecified atom stereocenters. The van der Waals surface area contributed by atoms with Crippen LogP contribution in [0.15, 0.2) is 0 Å². The number of methoxy groups -OCH3 is 1. The molecule has 1 atom stereocenters. The molecule has 1 saturated heterocycles. The Kier molecular flexibility index (Phi) is 5.86. The molecule has 0 radical (unpaired) electrons. The minimum atomic E-state index is -0.870. The second kappa shape index (κ2) is 6.78. The van der Waals surface area contributed by atoms with Crippen molar-refractivity contribution in [3.8, 4) is 0 Å². The minimum absolute atomic E-state index is 0.346. The van der Waals surface area contributed by atoms with Crippen molar-refractivity contribution in [2.45, 2.75) is 57.6 Å². The number of ether oxygens (including phenoxy) is 2. The summed E-state index contributed by atoms with van der Waals surface area (Å²) in [7, 11) is 1.36. The molecular weight excluding hydrogens is 326 g/mol. The summed E-state index contributed by atoms with van der Waals surface area (Å²) in [6.45, 7) is 5.99. The molecule has 1 amide bonds. The zero-order valence-electron chi connectivity index (χ0n) is 12.7. The van der Waals surface area contributed by atoms with Crippen LogP contribution in [0.1, 0.15) is 46.5 Å². The number of halogens is 1. The van der Waals surface area contributed by atoms with E-state index in [2.05, 4.69) is 15.9 Å². The van der Waals surface area contributed by atoms with Crippen LogP contribution < -0.4 is 0 Å². The average molecular weight is 350 g/mol. The molecule has 1 aliphatic heterocycles. The minimum Gasteiger partial charge on any atom is -0.467 e. The molecule has 1 heterocycles. The fraction of sp³-hybridized carbons (Fsp3) is 0.857. The monoisotopic (exact) mass is 349 g/mol. The van der Waals surface area contributed by atoms with E-state index in [9.17, 15) is 9.59 Å². The van der Waals surface area contributed by atoms with E-state index in [-0.39, 0.29) is 5.97 Å². The van der Waals surface area contributed by atoms with Gasteiger partial charge in [-0.1, -0.05) is 15.9 Å². The molecule has 0 aliphatic carbocycles. The molecule has 1 fully saturated rings. The summed E-state index contributed by atoms with van der Waals surface area (Å²) in [5.41, 5.74) is -1.44. The van der Waals surface area contributed by atoms with Crippen molar-refractivity contribution in [3.63, 3.8) is 0 Å². The van der Waals surface area contributed by atoms with Crippen molar-refractivity contribution in [3.05, 3.63) is 0 Å². The average Bonchev–Trinajstić information content (AvgIpc) is 2.78. The lowest BCUT2D eigenvalue weighted by Gasteiger charge is -2.36. The Morgan fingerprint density at radius 1 is 1.35 bits per heavy atom. The predicted molar refractivity (Wildman–Crippen MR) is 79.9 cm³/mol. The fourth-order valence-corrected chi connectivity index (χ4v) is 2.87. The summed E-state index contributed by atoms with van der Waals surface area (Å²) >= 11 is 3.37. The first-order valence-corrected chi connectivity index (χ1v) is 8.04. The van der Waals surface area contributed by atoms with Crippen LogP contribution in [0.25, 0.3) is 0 Å². The highest BCUT2D eigenvalue weighted by Gasteiger charge is 2.51. The van der Waals surface area contributed by atoms with E-state index in [1.165, 1.54) is 7.11 Å². The Bertz CT molecular complexity index is 367. The number of amides is 1. The summed E-state index contributed by atoms with van der Waals surface area (Å²) in [5, 5.41) is 0.786. The van der Waals surface area contributed by atoms with Crippen LogP contribution in [0.5, 0.6) is 0 Å².